The predicted molar refractivity (Wildman–Crippen MR) is 135 cm³/mol. The van der Waals surface area contributed by atoms with Gasteiger partial charge in [0, 0.05) is 6.42 Å². The third-order valence-electron chi connectivity index (χ3n) is 5.28. The van der Waals surface area contributed by atoms with E-state index in [4.69, 9.17) is 34.8 Å². The molecule has 0 heterocycles. The van der Waals surface area contributed by atoms with Gasteiger partial charge in [-0.2, -0.15) is 26.3 Å². The average molecular weight is 604 g/mol. The molecule has 2 amide bonds. The summed E-state index contributed by atoms with van der Waals surface area (Å²) in [5.74, 6) is -3.75. The van der Waals surface area contributed by atoms with E-state index < -0.39 is 41.5 Å². The molecule has 38 heavy (non-hydrogen) atoms. The number of hydrogen-bond acceptors (Lipinski definition) is 2. The summed E-state index contributed by atoms with van der Waals surface area (Å²) in [6.45, 7) is 3.26. The second-order valence-electron chi connectivity index (χ2n) is 8.35. The fourth-order valence-corrected chi connectivity index (χ4v) is 4.04. The monoisotopic (exact) mass is 602 g/mol. The van der Waals surface area contributed by atoms with Gasteiger partial charge in [-0.3, -0.25) is 9.59 Å². The Morgan fingerprint density at radius 1 is 0.974 bits per heavy atom. The molecule has 0 aliphatic carbocycles. The lowest BCUT2D eigenvalue weighted by molar-refractivity contribution is -0.139. The molecule has 2 atom stereocenters. The minimum atomic E-state index is -5.00. The van der Waals surface area contributed by atoms with Crippen LogP contribution in [-0.4, -0.2) is 24.2 Å². The lowest BCUT2D eigenvalue weighted by Gasteiger charge is -2.19. The fourth-order valence-electron chi connectivity index (χ4n) is 3.43. The lowest BCUT2D eigenvalue weighted by Crippen LogP contribution is -2.46. The molecule has 0 radical (unpaired) electrons. The number of carbonyl (C=O) groups excluding carboxylic acids is 2. The molecule has 0 fully saturated rings. The van der Waals surface area contributed by atoms with Gasteiger partial charge in [0.05, 0.1) is 38.3 Å². The maximum Gasteiger partial charge on any atom is 0.417 e. The van der Waals surface area contributed by atoms with E-state index in [1.165, 1.54) is 6.92 Å². The highest BCUT2D eigenvalue weighted by molar-refractivity contribution is 6.48. The van der Waals surface area contributed by atoms with Crippen LogP contribution in [0, 0.1) is 0 Å². The van der Waals surface area contributed by atoms with Gasteiger partial charge in [0.15, 0.2) is 0 Å². The largest absolute Gasteiger partial charge is 0.417 e. The van der Waals surface area contributed by atoms with Crippen molar-refractivity contribution >= 4 is 52.7 Å². The SMILES string of the molecule is CCCCC(=O)N[C@@H](C)NC(=O)c1ccc(C=CC(c2cc(Cl)c(Cl)c(Cl)c2)C(F)(F)F)cc1C(F)(F)F. The van der Waals surface area contributed by atoms with Crippen LogP contribution in [-0.2, 0) is 11.0 Å². The summed E-state index contributed by atoms with van der Waals surface area (Å²) in [6, 6.07) is 4.41. The van der Waals surface area contributed by atoms with Crippen LogP contribution in [0.4, 0.5) is 26.3 Å². The van der Waals surface area contributed by atoms with Gasteiger partial charge in [0.2, 0.25) is 5.91 Å². The molecule has 13 heteroatoms. The third kappa shape index (κ3) is 8.81. The van der Waals surface area contributed by atoms with E-state index in [9.17, 15) is 35.9 Å². The minimum Gasteiger partial charge on any atom is -0.336 e. The molecule has 0 aromatic heterocycles. The van der Waals surface area contributed by atoms with E-state index in [2.05, 4.69) is 10.6 Å². The fraction of sp³-hybridized carbons (Fsp3) is 0.360. The molecule has 2 aromatic carbocycles. The van der Waals surface area contributed by atoms with Crippen molar-refractivity contribution in [1.29, 1.82) is 0 Å². The Morgan fingerprint density at radius 3 is 2.11 bits per heavy atom. The number of carbonyl (C=O) groups is 2. The molecule has 0 spiro atoms. The molecular weight excluding hydrogens is 581 g/mol. The second-order valence-corrected chi connectivity index (χ2v) is 9.54. The van der Waals surface area contributed by atoms with E-state index in [-0.39, 0.29) is 38.5 Å². The van der Waals surface area contributed by atoms with Crippen LogP contribution in [0.25, 0.3) is 6.08 Å². The number of alkyl halides is 6. The van der Waals surface area contributed by atoms with Crippen molar-refractivity contribution in [3.05, 3.63) is 73.7 Å². The molecule has 0 bridgehead atoms. The van der Waals surface area contributed by atoms with Crippen molar-refractivity contribution in [2.45, 2.75) is 57.5 Å². The van der Waals surface area contributed by atoms with Crippen LogP contribution in [0.2, 0.25) is 15.1 Å². The van der Waals surface area contributed by atoms with Gasteiger partial charge >= 0.3 is 12.4 Å². The summed E-state index contributed by atoms with van der Waals surface area (Å²) in [4.78, 5) is 24.3. The van der Waals surface area contributed by atoms with Gasteiger partial charge in [-0.15, -0.1) is 0 Å². The second kappa shape index (κ2) is 13.1. The molecule has 2 aromatic rings. The van der Waals surface area contributed by atoms with E-state index in [0.717, 1.165) is 36.8 Å². The van der Waals surface area contributed by atoms with Crippen molar-refractivity contribution in [3.8, 4) is 0 Å². The lowest BCUT2D eigenvalue weighted by atomic mass is 9.96. The summed E-state index contributed by atoms with van der Waals surface area (Å²) >= 11 is 17.5. The molecule has 0 saturated carbocycles. The zero-order chi connectivity index (χ0) is 28.8. The van der Waals surface area contributed by atoms with E-state index >= 15 is 0 Å². The van der Waals surface area contributed by atoms with Crippen molar-refractivity contribution < 1.29 is 35.9 Å². The van der Waals surface area contributed by atoms with Crippen molar-refractivity contribution in [2.24, 2.45) is 0 Å². The maximum absolute atomic E-state index is 13.8. The average Bonchev–Trinajstić information content (AvgIpc) is 2.79. The Kier molecular flexibility index (Phi) is 10.9. The van der Waals surface area contributed by atoms with Crippen LogP contribution in [0.3, 0.4) is 0 Å². The first-order valence-electron chi connectivity index (χ1n) is 11.2. The first-order chi connectivity index (χ1) is 17.5. The van der Waals surface area contributed by atoms with Gasteiger partial charge in [0.1, 0.15) is 0 Å². The van der Waals surface area contributed by atoms with Crippen LogP contribution in [0.15, 0.2) is 36.4 Å². The van der Waals surface area contributed by atoms with Crippen molar-refractivity contribution in [3.63, 3.8) is 0 Å². The topological polar surface area (TPSA) is 58.2 Å². The quantitative estimate of drug-likeness (QED) is 0.172. The summed E-state index contributed by atoms with van der Waals surface area (Å²) in [5, 5.41) is 4.15. The third-order valence-corrected chi connectivity index (χ3v) is 6.47. The smallest absolute Gasteiger partial charge is 0.336 e. The first kappa shape index (κ1) is 31.8. The predicted octanol–water partition coefficient (Wildman–Crippen LogP) is 8.41. The Balaban J connectivity index is 2.36. The zero-order valence-electron chi connectivity index (χ0n) is 20.0. The summed E-state index contributed by atoms with van der Waals surface area (Å²) in [6.07, 6.45) is -7.73. The molecule has 2 rings (SSSR count). The Morgan fingerprint density at radius 2 is 1.58 bits per heavy atom. The molecule has 0 aliphatic heterocycles. The first-order valence-corrected chi connectivity index (χ1v) is 12.4. The van der Waals surface area contributed by atoms with Gasteiger partial charge in [0.25, 0.3) is 5.91 Å². The highest BCUT2D eigenvalue weighted by Gasteiger charge is 2.40. The Labute approximate surface area is 230 Å². The summed E-state index contributed by atoms with van der Waals surface area (Å²) < 4.78 is 82.6. The van der Waals surface area contributed by atoms with Gasteiger partial charge in [-0.1, -0.05) is 66.4 Å². The number of unbranched alkanes of at least 4 members (excludes halogenated alkanes) is 1. The maximum atomic E-state index is 13.8. The van der Waals surface area contributed by atoms with Gasteiger partial charge in [-0.05, 0) is 48.7 Å². The molecule has 2 N–H and O–H groups in total. The normalized spacial score (nSPS) is 13.9. The number of nitrogens with one attached hydrogen (secondary N) is 2. The van der Waals surface area contributed by atoms with Crippen LogP contribution >= 0.6 is 34.8 Å². The van der Waals surface area contributed by atoms with Crippen LogP contribution in [0.5, 0.6) is 0 Å². The molecular formula is C25H23Cl3F6N2O2. The summed E-state index contributed by atoms with van der Waals surface area (Å²) in [5.41, 5.74) is -2.72. The van der Waals surface area contributed by atoms with Gasteiger partial charge < -0.3 is 10.6 Å². The Bertz CT molecular complexity index is 1180. The van der Waals surface area contributed by atoms with E-state index in [1.54, 1.807) is 0 Å². The number of amides is 2. The van der Waals surface area contributed by atoms with Crippen LogP contribution in [0.1, 0.15) is 66.1 Å². The standard InChI is InChI=1S/C25H23Cl3F6N2O2/c1-3-4-5-21(37)35-13(2)36-23(38)16-8-6-14(10-18(16)25(32,33)34)7-9-17(24(29,30)31)15-11-19(26)22(28)20(27)12-15/h6-13,17H,3-5H2,1-2H3,(H,35,37)(H,36,38)/t13-,17?/m1/s1. The van der Waals surface area contributed by atoms with E-state index in [0.29, 0.717) is 18.6 Å². The minimum absolute atomic E-state index is 0.138. The summed E-state index contributed by atoms with van der Waals surface area (Å²) in [7, 11) is 0. The molecule has 0 aliphatic rings. The Hall–Kier alpha value is -2.43. The van der Waals surface area contributed by atoms with Crippen LogP contribution < -0.4 is 10.6 Å². The number of allylic oxidation sites excluding steroid dienone is 1. The van der Waals surface area contributed by atoms with Crippen molar-refractivity contribution in [2.75, 3.05) is 0 Å². The van der Waals surface area contributed by atoms with Crippen molar-refractivity contribution in [1.82, 2.24) is 10.6 Å². The highest BCUT2D eigenvalue weighted by Crippen LogP contribution is 2.41. The molecule has 0 saturated heterocycles. The van der Waals surface area contributed by atoms with E-state index in [1.807, 2.05) is 6.92 Å². The number of benzene rings is 2. The zero-order valence-corrected chi connectivity index (χ0v) is 22.3. The number of halogens is 9. The molecule has 208 valence electrons. The molecule has 4 nitrogen and oxygen atoms in total. The molecule has 1 unspecified atom stereocenters. The highest BCUT2D eigenvalue weighted by atomic mass is 35.5. The number of rotatable bonds is 9. The number of hydrogen-bond donors (Lipinski definition) is 2. The van der Waals surface area contributed by atoms with Gasteiger partial charge in [-0.25, -0.2) is 0 Å².